The van der Waals surface area contributed by atoms with Crippen LogP contribution in [-0.4, -0.2) is 11.9 Å². The van der Waals surface area contributed by atoms with Gasteiger partial charge in [0.1, 0.15) is 11.9 Å². The van der Waals surface area contributed by atoms with Gasteiger partial charge < -0.3 is 4.74 Å². The second-order valence-corrected chi connectivity index (χ2v) is 6.48. The third-order valence-corrected chi connectivity index (χ3v) is 4.96. The van der Waals surface area contributed by atoms with Gasteiger partial charge in [0.05, 0.1) is 5.56 Å². The summed E-state index contributed by atoms with van der Waals surface area (Å²) in [5.41, 5.74) is 4.66. The fraction of sp³-hybridized carbons (Fsp3) is 0.350. The Hall–Kier alpha value is -2.09. The molecule has 0 radical (unpaired) electrons. The monoisotopic (exact) mass is 292 g/mol. The number of Topliss-reactive ketones (excluding diaryl/α,β-unsaturated/α-hetero) is 1. The summed E-state index contributed by atoms with van der Waals surface area (Å²) in [4.78, 5) is 12.5. The molecule has 2 aromatic rings. The molecule has 2 aromatic carbocycles. The number of hydrogen-bond acceptors (Lipinski definition) is 2. The number of fused-ring (bicyclic) bond motifs is 2. The van der Waals surface area contributed by atoms with E-state index in [1.165, 1.54) is 17.5 Å². The lowest BCUT2D eigenvalue weighted by atomic mass is 9.77. The van der Waals surface area contributed by atoms with Gasteiger partial charge in [0.15, 0.2) is 5.78 Å². The molecule has 0 N–H and O–H groups in total. The van der Waals surface area contributed by atoms with Crippen LogP contribution >= 0.6 is 0 Å². The van der Waals surface area contributed by atoms with Crippen molar-refractivity contribution in [2.75, 3.05) is 0 Å². The van der Waals surface area contributed by atoms with Crippen molar-refractivity contribution in [1.29, 1.82) is 0 Å². The van der Waals surface area contributed by atoms with Crippen LogP contribution in [0.2, 0.25) is 0 Å². The summed E-state index contributed by atoms with van der Waals surface area (Å²) in [6.07, 6.45) is 3.90. The van der Waals surface area contributed by atoms with Crippen LogP contribution in [0.3, 0.4) is 0 Å². The second kappa shape index (κ2) is 5.28. The molecule has 1 heterocycles. The van der Waals surface area contributed by atoms with E-state index in [1.807, 2.05) is 25.1 Å². The van der Waals surface area contributed by atoms with E-state index in [0.717, 1.165) is 29.7 Å². The van der Waals surface area contributed by atoms with E-state index in [0.29, 0.717) is 12.3 Å². The molecular formula is C20H20O2. The van der Waals surface area contributed by atoms with Crippen LogP contribution in [0.1, 0.15) is 52.2 Å². The minimum Gasteiger partial charge on any atom is -0.489 e. The molecular weight excluding hydrogens is 272 g/mol. The topological polar surface area (TPSA) is 26.3 Å². The molecule has 2 nitrogen and oxygen atoms in total. The lowest BCUT2D eigenvalue weighted by molar-refractivity contribution is 0.0794. The highest BCUT2D eigenvalue weighted by atomic mass is 16.5. The van der Waals surface area contributed by atoms with Gasteiger partial charge in [-0.1, -0.05) is 35.9 Å². The predicted molar refractivity (Wildman–Crippen MR) is 86.7 cm³/mol. The number of ether oxygens (including phenoxy) is 1. The van der Waals surface area contributed by atoms with Crippen LogP contribution in [0.5, 0.6) is 5.75 Å². The maximum Gasteiger partial charge on any atom is 0.170 e. The molecule has 2 heteroatoms. The zero-order valence-corrected chi connectivity index (χ0v) is 12.8. The molecule has 22 heavy (non-hydrogen) atoms. The third-order valence-electron chi connectivity index (χ3n) is 4.96. The molecule has 0 aromatic heterocycles. The largest absolute Gasteiger partial charge is 0.489 e. The van der Waals surface area contributed by atoms with Crippen LogP contribution in [0.4, 0.5) is 0 Å². The van der Waals surface area contributed by atoms with E-state index in [-0.39, 0.29) is 11.9 Å². The zero-order valence-electron chi connectivity index (χ0n) is 12.8. The van der Waals surface area contributed by atoms with Gasteiger partial charge in [0.25, 0.3) is 0 Å². The van der Waals surface area contributed by atoms with Crippen LogP contribution < -0.4 is 4.74 Å². The molecule has 0 amide bonds. The molecule has 0 saturated carbocycles. The Bertz CT molecular complexity index is 732. The first-order valence-electron chi connectivity index (χ1n) is 8.10. The number of rotatable bonds is 1. The van der Waals surface area contributed by atoms with Gasteiger partial charge >= 0.3 is 0 Å². The first kappa shape index (κ1) is 13.6. The summed E-state index contributed by atoms with van der Waals surface area (Å²) in [5, 5.41) is 0. The van der Waals surface area contributed by atoms with Crippen molar-refractivity contribution in [1.82, 2.24) is 0 Å². The average molecular weight is 292 g/mol. The Balaban J connectivity index is 1.68. The Morgan fingerprint density at radius 2 is 2.00 bits per heavy atom. The van der Waals surface area contributed by atoms with Crippen molar-refractivity contribution < 1.29 is 9.53 Å². The predicted octanol–water partition coefficient (Wildman–Crippen LogP) is 4.45. The fourth-order valence-electron chi connectivity index (χ4n) is 3.86. The van der Waals surface area contributed by atoms with E-state index in [1.54, 1.807) is 0 Å². The smallest absolute Gasteiger partial charge is 0.170 e. The van der Waals surface area contributed by atoms with Crippen molar-refractivity contribution >= 4 is 5.78 Å². The maximum atomic E-state index is 12.5. The molecule has 0 saturated heterocycles. The Kier molecular flexibility index (Phi) is 3.25. The number of carbonyl (C=O) groups is 1. The Morgan fingerprint density at radius 3 is 2.91 bits per heavy atom. The Morgan fingerprint density at radius 1 is 1.14 bits per heavy atom. The lowest BCUT2D eigenvalue weighted by Gasteiger charge is -2.35. The van der Waals surface area contributed by atoms with Crippen LogP contribution in [0.15, 0.2) is 42.5 Å². The first-order chi connectivity index (χ1) is 10.7. The quantitative estimate of drug-likeness (QED) is 0.776. The van der Waals surface area contributed by atoms with E-state index in [9.17, 15) is 4.79 Å². The second-order valence-electron chi connectivity index (χ2n) is 6.48. The van der Waals surface area contributed by atoms with Crippen molar-refractivity contribution in [2.45, 2.75) is 44.6 Å². The van der Waals surface area contributed by atoms with Gasteiger partial charge in [0, 0.05) is 12.3 Å². The molecule has 1 aliphatic carbocycles. The highest BCUT2D eigenvalue weighted by Gasteiger charge is 2.35. The Labute approximate surface area is 131 Å². The minimum atomic E-state index is -0.0239. The standard InChI is InChI=1S/C20H20O2/c1-13-9-10-19-17(11-13)18(21)12-20(22-19)16-8-4-6-14-5-2-3-7-15(14)16/h2-3,5,7,9-11,16,20H,4,6,8,12H2,1H3. The SMILES string of the molecule is Cc1ccc2c(c1)C(=O)CC(C1CCCc3ccccc31)O2. The number of aryl methyl sites for hydroxylation is 2. The lowest BCUT2D eigenvalue weighted by Crippen LogP contribution is -2.34. The molecule has 0 fully saturated rings. The van der Waals surface area contributed by atoms with E-state index in [2.05, 4.69) is 24.3 Å². The molecule has 2 aliphatic rings. The van der Waals surface area contributed by atoms with Crippen molar-refractivity contribution in [3.05, 3.63) is 64.7 Å². The zero-order chi connectivity index (χ0) is 15.1. The average Bonchev–Trinajstić information content (AvgIpc) is 2.55. The third kappa shape index (κ3) is 2.23. The van der Waals surface area contributed by atoms with Crippen molar-refractivity contribution in [3.63, 3.8) is 0 Å². The summed E-state index contributed by atoms with van der Waals surface area (Å²) in [7, 11) is 0. The number of carbonyl (C=O) groups excluding carboxylic acids is 1. The summed E-state index contributed by atoms with van der Waals surface area (Å²) < 4.78 is 6.23. The van der Waals surface area contributed by atoms with Gasteiger partial charge in [-0.05, 0) is 49.4 Å². The highest BCUT2D eigenvalue weighted by Crippen LogP contribution is 2.40. The number of ketones is 1. The van der Waals surface area contributed by atoms with E-state index < -0.39 is 0 Å². The van der Waals surface area contributed by atoms with Crippen LogP contribution in [0, 0.1) is 6.92 Å². The summed E-state index contributed by atoms with van der Waals surface area (Å²) >= 11 is 0. The first-order valence-corrected chi connectivity index (χ1v) is 8.10. The summed E-state index contributed by atoms with van der Waals surface area (Å²) in [6, 6.07) is 14.5. The van der Waals surface area contributed by atoms with Crippen molar-refractivity contribution in [3.8, 4) is 5.75 Å². The van der Waals surface area contributed by atoms with E-state index in [4.69, 9.17) is 4.74 Å². The molecule has 0 spiro atoms. The summed E-state index contributed by atoms with van der Waals surface area (Å²) in [6.45, 7) is 2.01. The minimum absolute atomic E-state index is 0.0239. The van der Waals surface area contributed by atoms with Gasteiger partial charge in [0.2, 0.25) is 0 Å². The van der Waals surface area contributed by atoms with Gasteiger partial charge in [-0.25, -0.2) is 0 Å². The van der Waals surface area contributed by atoms with E-state index >= 15 is 0 Å². The normalized spacial score (nSPS) is 23.4. The van der Waals surface area contributed by atoms with Crippen molar-refractivity contribution in [2.24, 2.45) is 0 Å². The molecule has 0 bridgehead atoms. The maximum absolute atomic E-state index is 12.5. The van der Waals surface area contributed by atoms with Crippen LogP contribution in [-0.2, 0) is 6.42 Å². The van der Waals surface area contributed by atoms with Gasteiger partial charge in [-0.3, -0.25) is 4.79 Å². The molecule has 112 valence electrons. The van der Waals surface area contributed by atoms with Gasteiger partial charge in [-0.15, -0.1) is 0 Å². The summed E-state index contributed by atoms with van der Waals surface area (Å²) in [5.74, 6) is 1.32. The fourth-order valence-corrected chi connectivity index (χ4v) is 3.86. The molecule has 1 aliphatic heterocycles. The highest BCUT2D eigenvalue weighted by molar-refractivity contribution is 6.00. The molecule has 4 rings (SSSR count). The number of hydrogen-bond donors (Lipinski definition) is 0. The molecule has 2 unspecified atom stereocenters. The molecule has 2 atom stereocenters. The number of benzene rings is 2. The van der Waals surface area contributed by atoms with Gasteiger partial charge in [-0.2, -0.15) is 0 Å². The van der Waals surface area contributed by atoms with Crippen LogP contribution in [0.25, 0.3) is 0 Å².